The van der Waals surface area contributed by atoms with Crippen LogP contribution in [0.25, 0.3) is 10.9 Å². The van der Waals surface area contributed by atoms with Gasteiger partial charge in [0.15, 0.2) is 5.69 Å². The summed E-state index contributed by atoms with van der Waals surface area (Å²) in [6, 6.07) is 13.3. The zero-order valence-electron chi connectivity index (χ0n) is 22.3. The standard InChI is InChI=1S/C28H32N6O4S/c1-5-28(3,4)32-26(36)23(19-15-31-20-10-8-7-9-18(19)20)34(16-11-13-17(14-12-16)38-6-2)27(37)24-21(29)22(25(30)35)33-39-24/h7-15,23,31H,5-6,29H2,1-4H3,(H2,30,35)(H,32,36). The number of aromatic amines is 1. The predicted molar refractivity (Wildman–Crippen MR) is 153 cm³/mol. The van der Waals surface area contributed by atoms with Crippen molar-refractivity contribution in [3.05, 3.63) is 70.9 Å². The normalized spacial score (nSPS) is 12.2. The van der Waals surface area contributed by atoms with Gasteiger partial charge in [0.25, 0.3) is 11.8 Å². The summed E-state index contributed by atoms with van der Waals surface area (Å²) in [7, 11) is 0. The minimum absolute atomic E-state index is 0.00470. The van der Waals surface area contributed by atoms with E-state index in [9.17, 15) is 14.4 Å². The van der Waals surface area contributed by atoms with E-state index in [0.717, 1.165) is 22.4 Å². The molecule has 0 saturated heterocycles. The van der Waals surface area contributed by atoms with E-state index < -0.39 is 23.4 Å². The van der Waals surface area contributed by atoms with Crippen LogP contribution >= 0.6 is 11.5 Å². The van der Waals surface area contributed by atoms with Crippen molar-refractivity contribution >= 4 is 51.5 Å². The molecule has 0 radical (unpaired) electrons. The number of hydrogen-bond acceptors (Lipinski definition) is 7. The summed E-state index contributed by atoms with van der Waals surface area (Å²) in [5.74, 6) is -1.21. The highest BCUT2D eigenvalue weighted by molar-refractivity contribution is 7.09. The number of rotatable bonds is 10. The molecule has 1 atom stereocenters. The van der Waals surface area contributed by atoms with E-state index in [-0.39, 0.29) is 22.2 Å². The van der Waals surface area contributed by atoms with Gasteiger partial charge in [0.2, 0.25) is 5.91 Å². The number of aromatic nitrogens is 2. The maximum Gasteiger partial charge on any atom is 0.273 e. The number of para-hydroxylation sites is 1. The number of primary amides is 1. The topological polar surface area (TPSA) is 156 Å². The lowest BCUT2D eigenvalue weighted by Gasteiger charge is -2.34. The molecule has 204 valence electrons. The van der Waals surface area contributed by atoms with E-state index in [1.165, 1.54) is 4.90 Å². The molecule has 0 aliphatic heterocycles. The molecule has 0 spiro atoms. The quantitative estimate of drug-likeness (QED) is 0.230. The average molecular weight is 549 g/mol. The number of ether oxygens (including phenoxy) is 1. The molecule has 0 fully saturated rings. The molecule has 0 aliphatic carbocycles. The van der Waals surface area contributed by atoms with E-state index in [4.69, 9.17) is 16.2 Å². The van der Waals surface area contributed by atoms with Crippen molar-refractivity contribution in [3.63, 3.8) is 0 Å². The Balaban J connectivity index is 1.94. The molecule has 3 amide bonds. The number of amides is 3. The first-order chi connectivity index (χ1) is 18.6. The number of benzene rings is 2. The maximum absolute atomic E-state index is 14.3. The lowest BCUT2D eigenvalue weighted by molar-refractivity contribution is -0.124. The Labute approximate surface area is 230 Å². The van der Waals surface area contributed by atoms with Crippen LogP contribution in [-0.2, 0) is 4.79 Å². The number of nitrogen functional groups attached to an aromatic ring is 1. The number of fused-ring (bicyclic) bond motifs is 1. The molecule has 4 aromatic rings. The number of nitrogens with zero attached hydrogens (tertiary/aromatic N) is 2. The smallest absolute Gasteiger partial charge is 0.273 e. The molecule has 11 heteroatoms. The van der Waals surface area contributed by atoms with Crippen molar-refractivity contribution in [3.8, 4) is 5.75 Å². The second kappa shape index (κ2) is 11.2. The molecule has 2 aromatic heterocycles. The Hall–Kier alpha value is -4.38. The van der Waals surface area contributed by atoms with Gasteiger partial charge in [-0.15, -0.1) is 0 Å². The third-order valence-electron chi connectivity index (χ3n) is 6.57. The van der Waals surface area contributed by atoms with Crippen LogP contribution in [-0.4, -0.2) is 39.2 Å². The van der Waals surface area contributed by atoms with Crippen LogP contribution < -0.4 is 26.4 Å². The minimum Gasteiger partial charge on any atom is -0.494 e. The summed E-state index contributed by atoms with van der Waals surface area (Å²) in [5.41, 5.74) is 12.6. The number of anilines is 2. The Morgan fingerprint density at radius 2 is 1.82 bits per heavy atom. The van der Waals surface area contributed by atoms with Gasteiger partial charge in [-0.2, -0.15) is 4.37 Å². The highest BCUT2D eigenvalue weighted by Crippen LogP contribution is 2.36. The molecular weight excluding hydrogens is 516 g/mol. The van der Waals surface area contributed by atoms with Crippen molar-refractivity contribution in [2.45, 2.75) is 45.7 Å². The molecule has 10 nitrogen and oxygen atoms in total. The summed E-state index contributed by atoms with van der Waals surface area (Å²) in [6.45, 7) is 8.15. The Morgan fingerprint density at radius 3 is 2.44 bits per heavy atom. The number of carbonyl (C=O) groups is 3. The number of hydrogen-bond donors (Lipinski definition) is 4. The van der Waals surface area contributed by atoms with Gasteiger partial charge < -0.3 is 26.5 Å². The highest BCUT2D eigenvalue weighted by atomic mass is 32.1. The third-order valence-corrected chi connectivity index (χ3v) is 7.42. The number of nitrogens with two attached hydrogens (primary N) is 2. The van der Waals surface area contributed by atoms with Crippen LogP contribution in [0.3, 0.4) is 0 Å². The van der Waals surface area contributed by atoms with Gasteiger partial charge in [-0.3, -0.25) is 19.3 Å². The Kier molecular flexibility index (Phi) is 7.91. The van der Waals surface area contributed by atoms with Crippen LogP contribution in [0, 0.1) is 0 Å². The first-order valence-electron chi connectivity index (χ1n) is 12.6. The molecular formula is C28H32N6O4S. The molecule has 2 heterocycles. The summed E-state index contributed by atoms with van der Waals surface area (Å²) in [4.78, 5) is 44.8. The summed E-state index contributed by atoms with van der Waals surface area (Å²) < 4.78 is 9.59. The second-order valence-electron chi connectivity index (χ2n) is 9.66. The second-order valence-corrected chi connectivity index (χ2v) is 10.4. The van der Waals surface area contributed by atoms with Crippen molar-refractivity contribution in [1.82, 2.24) is 14.7 Å². The van der Waals surface area contributed by atoms with Gasteiger partial charge in [0, 0.05) is 33.9 Å². The van der Waals surface area contributed by atoms with E-state index in [0.29, 0.717) is 30.0 Å². The summed E-state index contributed by atoms with van der Waals surface area (Å²) in [6.07, 6.45) is 2.40. The minimum atomic E-state index is -1.10. The van der Waals surface area contributed by atoms with Crippen LogP contribution in [0.5, 0.6) is 5.75 Å². The van der Waals surface area contributed by atoms with E-state index in [1.807, 2.05) is 52.0 Å². The average Bonchev–Trinajstić information content (AvgIpc) is 3.51. The first kappa shape index (κ1) is 27.6. The lowest BCUT2D eigenvalue weighted by Crippen LogP contribution is -2.50. The van der Waals surface area contributed by atoms with Gasteiger partial charge in [-0.25, -0.2) is 0 Å². The van der Waals surface area contributed by atoms with Gasteiger partial charge in [-0.1, -0.05) is 25.1 Å². The highest BCUT2D eigenvalue weighted by Gasteiger charge is 2.38. The van der Waals surface area contributed by atoms with Gasteiger partial charge in [-0.05, 0) is 69.1 Å². The first-order valence-corrected chi connectivity index (χ1v) is 13.3. The number of carbonyl (C=O) groups excluding carboxylic acids is 3. The predicted octanol–water partition coefficient (Wildman–Crippen LogP) is 4.40. The van der Waals surface area contributed by atoms with E-state index >= 15 is 0 Å². The van der Waals surface area contributed by atoms with Crippen LogP contribution in [0.4, 0.5) is 11.4 Å². The number of H-pyrrole nitrogens is 1. The third kappa shape index (κ3) is 5.58. The van der Waals surface area contributed by atoms with Crippen molar-refractivity contribution < 1.29 is 19.1 Å². The molecule has 2 aromatic carbocycles. The monoisotopic (exact) mass is 548 g/mol. The molecule has 1 unspecified atom stereocenters. The lowest BCUT2D eigenvalue weighted by atomic mass is 9.97. The molecule has 4 rings (SSSR count). The molecule has 39 heavy (non-hydrogen) atoms. The Morgan fingerprint density at radius 1 is 1.13 bits per heavy atom. The van der Waals surface area contributed by atoms with Crippen molar-refractivity contribution in [2.24, 2.45) is 5.73 Å². The van der Waals surface area contributed by atoms with Gasteiger partial charge in [0.1, 0.15) is 16.7 Å². The van der Waals surface area contributed by atoms with Crippen molar-refractivity contribution in [1.29, 1.82) is 0 Å². The molecule has 6 N–H and O–H groups in total. The fraction of sp³-hybridized carbons (Fsp3) is 0.286. The largest absolute Gasteiger partial charge is 0.494 e. The van der Waals surface area contributed by atoms with Crippen LogP contribution in [0.2, 0.25) is 0 Å². The maximum atomic E-state index is 14.3. The summed E-state index contributed by atoms with van der Waals surface area (Å²) in [5, 5.41) is 3.88. The zero-order chi connectivity index (χ0) is 28.3. The fourth-order valence-corrected chi connectivity index (χ4v) is 4.94. The molecule has 0 saturated carbocycles. The number of nitrogens with one attached hydrogen (secondary N) is 2. The van der Waals surface area contributed by atoms with Crippen molar-refractivity contribution in [2.75, 3.05) is 17.2 Å². The Bertz CT molecular complexity index is 1510. The van der Waals surface area contributed by atoms with E-state index in [2.05, 4.69) is 14.7 Å². The fourth-order valence-electron chi connectivity index (χ4n) is 4.20. The molecule has 0 bridgehead atoms. The SMILES string of the molecule is CCOc1ccc(N(C(=O)c2snc(C(N)=O)c2N)C(C(=O)NC(C)(C)CC)c2c[nH]c3ccccc23)cc1. The summed E-state index contributed by atoms with van der Waals surface area (Å²) >= 11 is 0.763. The van der Waals surface area contributed by atoms with Crippen LogP contribution in [0.15, 0.2) is 54.7 Å². The zero-order valence-corrected chi connectivity index (χ0v) is 23.1. The molecule has 0 aliphatic rings. The van der Waals surface area contributed by atoms with E-state index in [1.54, 1.807) is 30.5 Å². The van der Waals surface area contributed by atoms with Crippen LogP contribution in [0.1, 0.15) is 65.9 Å². The van der Waals surface area contributed by atoms with Gasteiger partial charge >= 0.3 is 0 Å². The van der Waals surface area contributed by atoms with Gasteiger partial charge in [0.05, 0.1) is 12.3 Å².